The van der Waals surface area contributed by atoms with Gasteiger partial charge >= 0.3 is 11.8 Å². The molecule has 0 saturated carbocycles. The van der Waals surface area contributed by atoms with Crippen molar-refractivity contribution in [3.8, 4) is 5.75 Å². The normalized spacial score (nSPS) is 11.6. The number of aliphatic carboxylic acids is 1. The molecule has 0 spiro atoms. The van der Waals surface area contributed by atoms with E-state index >= 15 is 0 Å². The molecule has 2 aromatic rings. The predicted molar refractivity (Wildman–Crippen MR) is 77.7 cm³/mol. The maximum absolute atomic E-state index is 11.3. The van der Waals surface area contributed by atoms with Crippen molar-refractivity contribution >= 4 is 11.8 Å². The Morgan fingerprint density at radius 3 is 2.64 bits per heavy atom. The van der Waals surface area contributed by atoms with E-state index in [4.69, 9.17) is 4.74 Å². The van der Waals surface area contributed by atoms with Gasteiger partial charge in [-0.25, -0.2) is 4.79 Å². The predicted octanol–water partition coefficient (Wildman–Crippen LogP) is 2.45. The van der Waals surface area contributed by atoms with Crippen LogP contribution in [0, 0.1) is 10.1 Å². The van der Waals surface area contributed by atoms with Gasteiger partial charge in [0.25, 0.3) is 0 Å². The molecule has 7 heteroatoms. The highest BCUT2D eigenvalue weighted by molar-refractivity contribution is 5.73. The minimum absolute atomic E-state index is 0.145. The average molecular weight is 302 g/mol. The molecule has 114 valence electrons. The van der Waals surface area contributed by atoms with Gasteiger partial charge in [-0.05, 0) is 40.4 Å². The van der Waals surface area contributed by atoms with Crippen LogP contribution in [0.3, 0.4) is 0 Å². The number of pyridine rings is 1. The summed E-state index contributed by atoms with van der Waals surface area (Å²) in [6.07, 6.45) is 0.769. The van der Waals surface area contributed by atoms with Crippen molar-refractivity contribution in [2.24, 2.45) is 0 Å². The van der Waals surface area contributed by atoms with E-state index in [0.29, 0.717) is 6.42 Å². The molecule has 0 saturated heterocycles. The standard InChI is InChI=1S/C15H14N2O5/c18-15(19)13(9-8-11-5-2-1-3-6-11)22-12-7-4-10-16-14(12)17(20)21/h1-7,10,13H,8-9H2,(H,18,19). The number of ether oxygens (including phenoxy) is 1. The largest absolute Gasteiger partial charge is 0.479 e. The fraction of sp³-hybridized carbons (Fsp3) is 0.200. The monoisotopic (exact) mass is 302 g/mol. The summed E-state index contributed by atoms with van der Waals surface area (Å²) in [6, 6.07) is 12.1. The van der Waals surface area contributed by atoms with Crippen molar-refractivity contribution in [2.45, 2.75) is 18.9 Å². The molecule has 0 aliphatic heterocycles. The lowest BCUT2D eigenvalue weighted by atomic mass is 10.1. The summed E-state index contributed by atoms with van der Waals surface area (Å²) in [5.74, 6) is -1.81. The lowest BCUT2D eigenvalue weighted by Gasteiger charge is -2.14. The Balaban J connectivity index is 2.09. The summed E-state index contributed by atoms with van der Waals surface area (Å²) in [6.45, 7) is 0. The molecule has 1 heterocycles. The van der Waals surface area contributed by atoms with Gasteiger partial charge in [0.15, 0.2) is 6.10 Å². The van der Waals surface area contributed by atoms with Crippen LogP contribution < -0.4 is 4.74 Å². The first kappa shape index (κ1) is 15.4. The molecule has 0 radical (unpaired) electrons. The lowest BCUT2D eigenvalue weighted by molar-refractivity contribution is -0.390. The maximum Gasteiger partial charge on any atom is 0.406 e. The van der Waals surface area contributed by atoms with Gasteiger partial charge in [-0.2, -0.15) is 0 Å². The smallest absolute Gasteiger partial charge is 0.406 e. The summed E-state index contributed by atoms with van der Waals surface area (Å²) in [7, 11) is 0. The molecule has 1 aromatic carbocycles. The molecular weight excluding hydrogens is 288 g/mol. The van der Waals surface area contributed by atoms with E-state index < -0.39 is 22.8 Å². The van der Waals surface area contributed by atoms with Gasteiger partial charge in [0.05, 0.1) is 0 Å². The Labute approximate surface area is 126 Å². The number of nitrogens with zero attached hydrogens (tertiary/aromatic N) is 2. The summed E-state index contributed by atoms with van der Waals surface area (Å²) in [5, 5.41) is 20.1. The van der Waals surface area contributed by atoms with Crippen molar-refractivity contribution in [1.82, 2.24) is 4.98 Å². The van der Waals surface area contributed by atoms with Gasteiger partial charge in [0.2, 0.25) is 5.75 Å². The third-order valence-electron chi connectivity index (χ3n) is 3.01. The maximum atomic E-state index is 11.3. The molecular formula is C15H14N2O5. The number of aryl methyl sites for hydroxylation is 1. The van der Waals surface area contributed by atoms with Crippen LogP contribution >= 0.6 is 0 Å². The van der Waals surface area contributed by atoms with E-state index in [0.717, 1.165) is 5.56 Å². The molecule has 1 unspecified atom stereocenters. The third kappa shape index (κ3) is 4.02. The van der Waals surface area contributed by atoms with Gasteiger partial charge in [0.1, 0.15) is 6.20 Å². The molecule has 0 aliphatic carbocycles. The number of carboxylic acid groups (broad SMARTS) is 1. The van der Waals surface area contributed by atoms with E-state index in [1.54, 1.807) is 0 Å². The summed E-state index contributed by atoms with van der Waals surface area (Å²) in [5.41, 5.74) is 0.970. The zero-order valence-corrected chi connectivity index (χ0v) is 11.6. The molecule has 0 amide bonds. The van der Waals surface area contributed by atoms with Crippen LogP contribution in [0.2, 0.25) is 0 Å². The second-order valence-corrected chi connectivity index (χ2v) is 4.55. The number of nitro groups is 1. The van der Waals surface area contributed by atoms with Crippen molar-refractivity contribution in [3.05, 3.63) is 64.3 Å². The number of carbonyl (C=O) groups is 1. The molecule has 1 aromatic heterocycles. The average Bonchev–Trinajstić information content (AvgIpc) is 2.52. The second kappa shape index (κ2) is 7.16. The highest BCUT2D eigenvalue weighted by atomic mass is 16.6. The van der Waals surface area contributed by atoms with Crippen LogP contribution in [-0.2, 0) is 11.2 Å². The first-order valence-electron chi connectivity index (χ1n) is 6.60. The molecule has 1 N–H and O–H groups in total. The van der Waals surface area contributed by atoms with Crippen molar-refractivity contribution in [1.29, 1.82) is 0 Å². The molecule has 1 atom stereocenters. The van der Waals surface area contributed by atoms with Crippen LogP contribution in [0.4, 0.5) is 5.82 Å². The Hall–Kier alpha value is -2.96. The second-order valence-electron chi connectivity index (χ2n) is 4.55. The topological polar surface area (TPSA) is 103 Å². The van der Waals surface area contributed by atoms with Crippen LogP contribution in [0.25, 0.3) is 0 Å². The minimum atomic E-state index is -1.18. The van der Waals surface area contributed by atoms with E-state index in [2.05, 4.69) is 4.98 Å². The van der Waals surface area contributed by atoms with Gasteiger partial charge in [-0.1, -0.05) is 30.3 Å². The molecule has 2 rings (SSSR count). The minimum Gasteiger partial charge on any atom is -0.479 e. The zero-order chi connectivity index (χ0) is 15.9. The molecule has 0 bridgehead atoms. The van der Waals surface area contributed by atoms with Crippen molar-refractivity contribution in [2.75, 3.05) is 0 Å². The highest BCUT2D eigenvalue weighted by Crippen LogP contribution is 2.25. The van der Waals surface area contributed by atoms with Crippen LogP contribution in [0.1, 0.15) is 12.0 Å². The number of hydrogen-bond donors (Lipinski definition) is 1. The van der Waals surface area contributed by atoms with E-state index in [1.807, 2.05) is 30.3 Å². The lowest BCUT2D eigenvalue weighted by Crippen LogP contribution is -2.28. The summed E-state index contributed by atoms with van der Waals surface area (Å²) >= 11 is 0. The Morgan fingerprint density at radius 1 is 1.27 bits per heavy atom. The summed E-state index contributed by atoms with van der Waals surface area (Å²) in [4.78, 5) is 25.0. The number of aromatic nitrogens is 1. The van der Waals surface area contributed by atoms with Gasteiger partial charge < -0.3 is 20.0 Å². The van der Waals surface area contributed by atoms with Gasteiger partial charge in [0, 0.05) is 0 Å². The third-order valence-corrected chi connectivity index (χ3v) is 3.01. The number of carboxylic acids is 1. The Bertz CT molecular complexity index is 660. The van der Waals surface area contributed by atoms with Gasteiger partial charge in [-0.3, -0.25) is 0 Å². The van der Waals surface area contributed by atoms with Crippen LogP contribution in [0.5, 0.6) is 5.75 Å². The first-order valence-corrected chi connectivity index (χ1v) is 6.60. The number of hydrogen-bond acceptors (Lipinski definition) is 5. The van der Waals surface area contributed by atoms with Crippen LogP contribution in [-0.4, -0.2) is 27.1 Å². The fourth-order valence-corrected chi connectivity index (χ4v) is 1.94. The zero-order valence-electron chi connectivity index (χ0n) is 11.6. The molecule has 7 nitrogen and oxygen atoms in total. The van der Waals surface area contributed by atoms with Crippen molar-refractivity contribution in [3.63, 3.8) is 0 Å². The Morgan fingerprint density at radius 2 is 2.00 bits per heavy atom. The SMILES string of the molecule is O=C(O)C(CCc1ccccc1)Oc1cccnc1[N+](=O)[O-]. The van der Waals surface area contributed by atoms with Gasteiger partial charge in [-0.15, -0.1) is 0 Å². The first-order chi connectivity index (χ1) is 10.6. The molecule has 22 heavy (non-hydrogen) atoms. The van der Waals surface area contributed by atoms with E-state index in [1.165, 1.54) is 18.3 Å². The van der Waals surface area contributed by atoms with Crippen LogP contribution in [0.15, 0.2) is 48.7 Å². The Kier molecular flexibility index (Phi) is 5.02. The molecule has 0 fully saturated rings. The fourth-order valence-electron chi connectivity index (χ4n) is 1.94. The highest BCUT2D eigenvalue weighted by Gasteiger charge is 2.24. The van der Waals surface area contributed by atoms with E-state index in [-0.39, 0.29) is 12.2 Å². The van der Waals surface area contributed by atoms with Crippen molar-refractivity contribution < 1.29 is 19.6 Å². The number of benzene rings is 1. The van der Waals surface area contributed by atoms with E-state index in [9.17, 15) is 20.0 Å². The molecule has 0 aliphatic rings. The summed E-state index contributed by atoms with van der Waals surface area (Å²) < 4.78 is 5.29. The number of rotatable bonds is 7. The quantitative estimate of drug-likeness (QED) is 0.622.